The molecule has 1 aromatic heterocycles. The zero-order chi connectivity index (χ0) is 24.3. The number of aromatic nitrogens is 1. The monoisotopic (exact) mass is 494 g/mol. The third kappa shape index (κ3) is 5.39. The first-order chi connectivity index (χ1) is 17.0. The van der Waals surface area contributed by atoms with Gasteiger partial charge in [0.15, 0.2) is 11.5 Å². The van der Waals surface area contributed by atoms with Gasteiger partial charge in [0.1, 0.15) is 5.82 Å². The summed E-state index contributed by atoms with van der Waals surface area (Å²) >= 11 is 0. The number of pyridine rings is 1. The number of sulfonamides is 1. The number of nitrogens with zero attached hydrogens (tertiary/aromatic N) is 2. The van der Waals surface area contributed by atoms with Crippen molar-refractivity contribution in [3.05, 3.63) is 71.9 Å². The van der Waals surface area contributed by atoms with E-state index in [1.165, 1.54) is 18.6 Å². The summed E-state index contributed by atoms with van der Waals surface area (Å²) in [5.41, 5.74) is 1.51. The van der Waals surface area contributed by atoms with Crippen LogP contribution in [0.15, 0.2) is 65.7 Å². The average molecular weight is 495 g/mol. The van der Waals surface area contributed by atoms with Crippen LogP contribution in [0.1, 0.15) is 35.2 Å². The Labute approximate surface area is 204 Å². The molecule has 0 radical (unpaired) electrons. The number of nitrogens with one attached hydrogen (secondary N) is 2. The fraction of sp³-hybridized carbons (Fsp3) is 0.280. The van der Waals surface area contributed by atoms with E-state index in [-0.39, 0.29) is 23.8 Å². The molecule has 2 aliphatic rings. The van der Waals surface area contributed by atoms with Crippen LogP contribution in [0.4, 0.5) is 11.5 Å². The third-order valence-electron chi connectivity index (χ3n) is 6.00. The van der Waals surface area contributed by atoms with Crippen LogP contribution in [0.25, 0.3) is 0 Å². The summed E-state index contributed by atoms with van der Waals surface area (Å²) in [4.78, 5) is 19.5. The number of carbonyl (C=O) groups is 1. The molecule has 182 valence electrons. The zero-order valence-electron chi connectivity index (χ0n) is 19.1. The summed E-state index contributed by atoms with van der Waals surface area (Å²) in [6.45, 7) is 2.20. The Bertz CT molecular complexity index is 1320. The summed E-state index contributed by atoms with van der Waals surface area (Å²) < 4.78 is 38.9. The molecule has 0 spiro atoms. The predicted octanol–water partition coefficient (Wildman–Crippen LogP) is 3.53. The second-order valence-electron chi connectivity index (χ2n) is 8.45. The Morgan fingerprint density at radius 1 is 0.971 bits per heavy atom. The number of carbonyl (C=O) groups excluding carboxylic acids is 1. The molecule has 9 nitrogen and oxygen atoms in total. The maximum Gasteiger partial charge on any atom is 0.255 e. The largest absolute Gasteiger partial charge is 0.454 e. The number of benzene rings is 2. The van der Waals surface area contributed by atoms with Gasteiger partial charge in [-0.1, -0.05) is 12.1 Å². The van der Waals surface area contributed by atoms with Crippen LogP contribution in [0.5, 0.6) is 11.5 Å². The van der Waals surface area contributed by atoms with Crippen LogP contribution >= 0.6 is 0 Å². The molecule has 0 aliphatic carbocycles. The lowest BCUT2D eigenvalue weighted by molar-refractivity contribution is 0.102. The lowest BCUT2D eigenvalue weighted by Gasteiger charge is -2.27. The van der Waals surface area contributed by atoms with Crippen LogP contribution in [-0.4, -0.2) is 39.2 Å². The van der Waals surface area contributed by atoms with Crippen molar-refractivity contribution in [2.75, 3.05) is 30.1 Å². The molecule has 35 heavy (non-hydrogen) atoms. The van der Waals surface area contributed by atoms with E-state index in [0.717, 1.165) is 37.3 Å². The van der Waals surface area contributed by atoms with Crippen molar-refractivity contribution >= 4 is 27.4 Å². The van der Waals surface area contributed by atoms with Crippen LogP contribution < -0.4 is 24.4 Å². The molecule has 0 unspecified atom stereocenters. The highest BCUT2D eigenvalue weighted by Gasteiger charge is 2.18. The van der Waals surface area contributed by atoms with E-state index in [0.29, 0.717) is 17.2 Å². The highest BCUT2D eigenvalue weighted by Crippen LogP contribution is 2.32. The maximum atomic E-state index is 12.8. The van der Waals surface area contributed by atoms with Crippen molar-refractivity contribution in [3.63, 3.8) is 0 Å². The lowest BCUT2D eigenvalue weighted by atomic mass is 10.1. The van der Waals surface area contributed by atoms with Crippen LogP contribution in [0, 0.1) is 0 Å². The van der Waals surface area contributed by atoms with Gasteiger partial charge in [0, 0.05) is 25.2 Å². The molecule has 3 aromatic rings. The Balaban J connectivity index is 1.23. The molecule has 2 N–H and O–H groups in total. The molecule has 1 saturated heterocycles. The van der Waals surface area contributed by atoms with Gasteiger partial charge in [-0.3, -0.25) is 4.79 Å². The SMILES string of the molecule is O=C(Nc1ccc(N2CCCCC2)nc1)c1cccc(S(=O)(=O)NCc2ccc3c(c2)OCO3)c1. The van der Waals surface area contributed by atoms with Gasteiger partial charge < -0.3 is 19.7 Å². The average Bonchev–Trinajstić information content (AvgIpc) is 3.37. The number of rotatable bonds is 7. The first kappa shape index (κ1) is 23.1. The molecule has 5 rings (SSSR count). The Morgan fingerprint density at radius 3 is 2.60 bits per heavy atom. The molecule has 3 heterocycles. The van der Waals surface area contributed by atoms with Gasteiger partial charge in [-0.15, -0.1) is 0 Å². The minimum absolute atomic E-state index is 0.00413. The van der Waals surface area contributed by atoms with Crippen LogP contribution in [0.3, 0.4) is 0 Å². The molecule has 0 bridgehead atoms. The number of hydrogen-bond donors (Lipinski definition) is 2. The number of piperidine rings is 1. The first-order valence-electron chi connectivity index (χ1n) is 11.5. The van der Waals surface area contributed by atoms with Gasteiger partial charge in [0.2, 0.25) is 16.8 Å². The normalized spacial score (nSPS) is 15.1. The topological polar surface area (TPSA) is 110 Å². The van der Waals surface area contributed by atoms with Crippen LogP contribution in [0.2, 0.25) is 0 Å². The Kier molecular flexibility index (Phi) is 6.56. The van der Waals surface area contributed by atoms with E-state index in [2.05, 4.69) is 19.9 Å². The molecular weight excluding hydrogens is 468 g/mol. The van der Waals surface area contributed by atoms with Gasteiger partial charge in [-0.2, -0.15) is 0 Å². The molecule has 0 atom stereocenters. The Morgan fingerprint density at radius 2 is 1.80 bits per heavy atom. The minimum Gasteiger partial charge on any atom is -0.454 e. The van der Waals surface area contributed by atoms with Crippen molar-refractivity contribution in [1.82, 2.24) is 9.71 Å². The number of fused-ring (bicyclic) bond motifs is 1. The standard InChI is InChI=1S/C25H26N4O5S/c30-25(28-20-8-10-24(26-16-20)29-11-2-1-3-12-29)19-5-4-6-21(14-19)35(31,32)27-15-18-7-9-22-23(13-18)34-17-33-22/h4-10,13-14,16,27H,1-3,11-12,15,17H2,(H,28,30). The molecule has 2 aromatic carbocycles. The van der Waals surface area contributed by atoms with E-state index >= 15 is 0 Å². The van der Waals surface area contributed by atoms with Crippen molar-refractivity contribution in [2.24, 2.45) is 0 Å². The summed E-state index contributed by atoms with van der Waals surface area (Å²) in [7, 11) is -3.84. The third-order valence-corrected chi connectivity index (χ3v) is 7.39. The molecular formula is C25H26N4O5S. The van der Waals surface area contributed by atoms with Crippen molar-refractivity contribution in [3.8, 4) is 11.5 Å². The van der Waals surface area contributed by atoms with Gasteiger partial charge in [0.25, 0.3) is 5.91 Å². The van der Waals surface area contributed by atoms with Gasteiger partial charge in [-0.25, -0.2) is 18.1 Å². The second kappa shape index (κ2) is 9.93. The second-order valence-corrected chi connectivity index (χ2v) is 10.2. The van der Waals surface area contributed by atoms with Gasteiger partial charge in [-0.05, 0) is 67.3 Å². The number of hydrogen-bond acceptors (Lipinski definition) is 7. The van der Waals surface area contributed by atoms with E-state index in [9.17, 15) is 13.2 Å². The van der Waals surface area contributed by atoms with E-state index in [1.807, 2.05) is 12.1 Å². The maximum absolute atomic E-state index is 12.8. The number of amides is 1. The summed E-state index contributed by atoms with van der Waals surface area (Å²) in [5, 5.41) is 2.79. The molecule has 1 amide bonds. The molecule has 0 saturated carbocycles. The quantitative estimate of drug-likeness (QED) is 0.517. The predicted molar refractivity (Wildman–Crippen MR) is 131 cm³/mol. The fourth-order valence-corrected chi connectivity index (χ4v) is 5.15. The summed E-state index contributed by atoms with van der Waals surface area (Å²) in [5.74, 6) is 1.69. The zero-order valence-corrected chi connectivity index (χ0v) is 19.9. The molecule has 1 fully saturated rings. The van der Waals surface area contributed by atoms with E-state index < -0.39 is 15.9 Å². The summed E-state index contributed by atoms with van der Waals surface area (Å²) in [6.07, 6.45) is 5.18. The van der Waals surface area contributed by atoms with Crippen molar-refractivity contribution < 1.29 is 22.7 Å². The lowest BCUT2D eigenvalue weighted by Crippen LogP contribution is -2.30. The van der Waals surface area contributed by atoms with Gasteiger partial charge >= 0.3 is 0 Å². The van der Waals surface area contributed by atoms with Gasteiger partial charge in [0.05, 0.1) is 16.8 Å². The molecule has 10 heteroatoms. The number of ether oxygens (including phenoxy) is 2. The highest BCUT2D eigenvalue weighted by molar-refractivity contribution is 7.89. The summed E-state index contributed by atoms with van der Waals surface area (Å²) in [6, 6.07) is 14.9. The fourth-order valence-electron chi connectivity index (χ4n) is 4.09. The van der Waals surface area contributed by atoms with E-state index in [1.54, 1.807) is 36.5 Å². The molecule has 2 aliphatic heterocycles. The first-order valence-corrected chi connectivity index (χ1v) is 13.0. The van der Waals surface area contributed by atoms with Crippen LogP contribution in [-0.2, 0) is 16.6 Å². The Hall–Kier alpha value is -3.63. The smallest absolute Gasteiger partial charge is 0.255 e. The highest BCUT2D eigenvalue weighted by atomic mass is 32.2. The number of anilines is 2. The van der Waals surface area contributed by atoms with Crippen molar-refractivity contribution in [1.29, 1.82) is 0 Å². The van der Waals surface area contributed by atoms with E-state index in [4.69, 9.17) is 9.47 Å². The van der Waals surface area contributed by atoms with Crippen molar-refractivity contribution in [2.45, 2.75) is 30.7 Å². The minimum atomic E-state index is -3.84.